The van der Waals surface area contributed by atoms with E-state index in [4.69, 9.17) is 55.9 Å². The molecule has 5 rings (SSSR count). The highest BCUT2D eigenvalue weighted by molar-refractivity contribution is 6.53. The fraction of sp³-hybridized carbons (Fsp3) is 0.115. The van der Waals surface area contributed by atoms with Crippen LogP contribution in [0.4, 0.5) is 0 Å². The lowest BCUT2D eigenvalue weighted by atomic mass is 9.76. The number of nitrogens with zero attached hydrogens (tertiary/aromatic N) is 4. The van der Waals surface area contributed by atoms with Gasteiger partial charge in [-0.1, -0.05) is 70.7 Å². The van der Waals surface area contributed by atoms with Crippen LogP contribution in [0.5, 0.6) is 11.5 Å². The number of ether oxygens (including phenoxy) is 2. The Morgan fingerprint density at radius 1 is 0.703 bits per heavy atom. The molecule has 2 aliphatic rings. The van der Waals surface area contributed by atoms with Gasteiger partial charge in [0.15, 0.2) is 17.4 Å². The number of carbonyl (C=O) groups is 1. The number of esters is 1. The van der Waals surface area contributed by atoms with E-state index >= 15 is 0 Å². The third kappa shape index (κ3) is 3.34. The highest BCUT2D eigenvalue weighted by atomic mass is 35.5. The maximum atomic E-state index is 13.3. The average molecular weight is 566 g/mol. The van der Waals surface area contributed by atoms with E-state index in [1.54, 1.807) is 24.3 Å². The molecule has 7 nitrogen and oxygen atoms in total. The minimum absolute atomic E-state index is 0.0669. The van der Waals surface area contributed by atoms with Crippen LogP contribution in [0.25, 0.3) is 0 Å². The molecule has 3 aromatic carbocycles. The first-order valence-corrected chi connectivity index (χ1v) is 11.9. The van der Waals surface area contributed by atoms with Crippen molar-refractivity contribution in [3.63, 3.8) is 0 Å². The highest BCUT2D eigenvalue weighted by Crippen LogP contribution is 2.60. The van der Waals surface area contributed by atoms with Gasteiger partial charge in [0.1, 0.15) is 11.5 Å². The van der Waals surface area contributed by atoms with Gasteiger partial charge >= 0.3 is 5.97 Å². The Morgan fingerprint density at radius 3 is 1.62 bits per heavy atom. The number of hydrogen-bond acceptors (Lipinski definition) is 7. The summed E-state index contributed by atoms with van der Waals surface area (Å²) in [5.41, 5.74) is -0.309. The number of halogens is 4. The largest absolute Gasteiger partial charge is 0.456 e. The van der Waals surface area contributed by atoms with Crippen LogP contribution in [-0.2, 0) is 10.3 Å². The first kappa shape index (κ1) is 24.7. The normalized spacial score (nSPS) is 13.9. The number of benzene rings is 3. The standard InChI is InChI=1S/C26H8Cl4N4O3/c27-21-19-20(22(28)24(30)23(21)29)26(37-25(19)35)15-3-1-11(13(7-31)8-32)5-17(15)36-18-6-12(2-4-16(18)26)14(9-33)10-34/h1-6,13-14H. The monoisotopic (exact) mass is 564 g/mol. The number of nitriles is 4. The van der Waals surface area contributed by atoms with Crippen LogP contribution in [-0.4, -0.2) is 5.97 Å². The van der Waals surface area contributed by atoms with Gasteiger partial charge < -0.3 is 9.47 Å². The Hall–Kier alpha value is -3.95. The lowest BCUT2D eigenvalue weighted by Crippen LogP contribution is -2.33. The van der Waals surface area contributed by atoms with Crippen molar-refractivity contribution in [1.29, 1.82) is 21.0 Å². The van der Waals surface area contributed by atoms with Crippen LogP contribution in [0.2, 0.25) is 20.1 Å². The molecule has 2 heterocycles. The van der Waals surface area contributed by atoms with Crippen LogP contribution in [0.3, 0.4) is 0 Å². The molecule has 178 valence electrons. The smallest absolute Gasteiger partial charge is 0.341 e. The zero-order chi connectivity index (χ0) is 26.6. The highest BCUT2D eigenvalue weighted by Gasteiger charge is 2.56. The Bertz CT molecular complexity index is 1620. The Balaban J connectivity index is 1.89. The van der Waals surface area contributed by atoms with E-state index in [1.807, 2.05) is 24.3 Å². The first-order valence-electron chi connectivity index (χ1n) is 10.4. The van der Waals surface area contributed by atoms with Gasteiger partial charge in [0, 0.05) is 16.7 Å². The molecular formula is C26H8Cl4N4O3. The second kappa shape index (κ2) is 8.86. The van der Waals surface area contributed by atoms with Gasteiger partial charge in [0.05, 0.1) is 49.9 Å². The molecule has 2 aliphatic heterocycles. The maximum absolute atomic E-state index is 13.3. The fourth-order valence-corrected chi connectivity index (χ4v) is 5.64. The van der Waals surface area contributed by atoms with Gasteiger partial charge in [-0.15, -0.1) is 0 Å². The molecule has 0 saturated heterocycles. The molecule has 0 saturated carbocycles. The Labute approximate surface area is 230 Å². The van der Waals surface area contributed by atoms with Crippen LogP contribution >= 0.6 is 46.4 Å². The van der Waals surface area contributed by atoms with Crippen molar-refractivity contribution in [1.82, 2.24) is 0 Å². The number of fused-ring (bicyclic) bond motifs is 6. The van der Waals surface area contributed by atoms with Crippen molar-refractivity contribution < 1.29 is 14.3 Å². The van der Waals surface area contributed by atoms with Gasteiger partial charge in [0.2, 0.25) is 0 Å². The van der Waals surface area contributed by atoms with E-state index in [9.17, 15) is 25.8 Å². The molecule has 0 unspecified atom stereocenters. The number of rotatable bonds is 2. The molecule has 0 amide bonds. The van der Waals surface area contributed by atoms with Gasteiger partial charge in [-0.3, -0.25) is 0 Å². The summed E-state index contributed by atoms with van der Waals surface area (Å²) in [7, 11) is 0. The summed E-state index contributed by atoms with van der Waals surface area (Å²) in [6.45, 7) is 0. The predicted octanol–water partition coefficient (Wildman–Crippen LogP) is 7.13. The van der Waals surface area contributed by atoms with E-state index in [0.29, 0.717) is 22.3 Å². The summed E-state index contributed by atoms with van der Waals surface area (Å²) in [6, 6.07) is 16.8. The summed E-state index contributed by atoms with van der Waals surface area (Å²) in [4.78, 5) is 13.3. The summed E-state index contributed by atoms with van der Waals surface area (Å²) in [5, 5.41) is 37.1. The van der Waals surface area contributed by atoms with E-state index < -0.39 is 23.4 Å². The molecule has 0 aliphatic carbocycles. The van der Waals surface area contributed by atoms with E-state index in [0.717, 1.165) is 0 Å². The van der Waals surface area contributed by atoms with Gasteiger partial charge in [-0.25, -0.2) is 4.79 Å². The van der Waals surface area contributed by atoms with Crippen molar-refractivity contribution in [2.75, 3.05) is 0 Å². The van der Waals surface area contributed by atoms with Crippen molar-refractivity contribution in [2.45, 2.75) is 17.4 Å². The molecule has 0 radical (unpaired) electrons. The van der Waals surface area contributed by atoms with E-state index in [-0.39, 0.29) is 42.7 Å². The molecule has 0 fully saturated rings. The topological polar surface area (TPSA) is 131 Å². The van der Waals surface area contributed by atoms with Crippen LogP contribution in [0.1, 0.15) is 50.0 Å². The van der Waals surface area contributed by atoms with Crippen LogP contribution in [0.15, 0.2) is 36.4 Å². The second-order valence-electron chi connectivity index (χ2n) is 8.07. The molecule has 37 heavy (non-hydrogen) atoms. The zero-order valence-corrected chi connectivity index (χ0v) is 21.2. The Kier molecular flexibility index (Phi) is 5.92. The minimum Gasteiger partial charge on any atom is -0.456 e. The lowest BCUT2D eigenvalue weighted by molar-refractivity contribution is 0.0224. The van der Waals surface area contributed by atoms with Crippen LogP contribution < -0.4 is 4.74 Å². The predicted molar refractivity (Wildman–Crippen MR) is 133 cm³/mol. The zero-order valence-electron chi connectivity index (χ0n) is 18.1. The molecule has 0 atom stereocenters. The molecule has 1 spiro atoms. The fourth-order valence-electron chi connectivity index (χ4n) is 4.58. The SMILES string of the molecule is N#CC(C#N)c1ccc2c(c1)Oc1cc(C(C#N)C#N)ccc1C21OC(=O)c2c(Cl)c(Cl)c(Cl)c(Cl)c21. The van der Waals surface area contributed by atoms with Crippen molar-refractivity contribution in [3.05, 3.63) is 89.9 Å². The summed E-state index contributed by atoms with van der Waals surface area (Å²) in [6.07, 6.45) is 0. The third-order valence-electron chi connectivity index (χ3n) is 6.24. The summed E-state index contributed by atoms with van der Waals surface area (Å²) < 4.78 is 12.2. The van der Waals surface area contributed by atoms with Gasteiger partial charge in [0.25, 0.3) is 0 Å². The van der Waals surface area contributed by atoms with Crippen LogP contribution in [0, 0.1) is 45.3 Å². The molecule has 0 bridgehead atoms. The molecule has 11 heteroatoms. The maximum Gasteiger partial charge on any atom is 0.341 e. The molecule has 3 aromatic rings. The summed E-state index contributed by atoms with van der Waals surface area (Å²) in [5.74, 6) is -2.69. The lowest BCUT2D eigenvalue weighted by Gasteiger charge is -2.37. The first-order chi connectivity index (χ1) is 17.7. The van der Waals surface area contributed by atoms with E-state index in [2.05, 4.69) is 0 Å². The van der Waals surface area contributed by atoms with Gasteiger partial charge in [-0.05, 0) is 23.3 Å². The Morgan fingerprint density at radius 2 is 1.16 bits per heavy atom. The number of carbonyl (C=O) groups excluding carboxylic acids is 1. The van der Waals surface area contributed by atoms with Crippen molar-refractivity contribution in [2.24, 2.45) is 0 Å². The second-order valence-corrected chi connectivity index (χ2v) is 9.58. The van der Waals surface area contributed by atoms with E-state index in [1.165, 1.54) is 12.1 Å². The quantitative estimate of drug-likeness (QED) is 0.183. The average Bonchev–Trinajstić information content (AvgIpc) is 3.20. The summed E-state index contributed by atoms with van der Waals surface area (Å²) >= 11 is 25.7. The minimum atomic E-state index is -1.70. The molecular weight excluding hydrogens is 558 g/mol. The molecule has 0 aromatic heterocycles. The molecule has 0 N–H and O–H groups in total. The van der Waals surface area contributed by atoms with Crippen molar-refractivity contribution >= 4 is 52.4 Å². The van der Waals surface area contributed by atoms with Gasteiger partial charge in [-0.2, -0.15) is 21.0 Å². The third-order valence-corrected chi connectivity index (χ3v) is 8.04. The number of hydrogen-bond donors (Lipinski definition) is 0. The van der Waals surface area contributed by atoms with Crippen molar-refractivity contribution in [3.8, 4) is 35.8 Å².